The molecule has 138 valence electrons. The number of rotatable bonds is 4. The summed E-state index contributed by atoms with van der Waals surface area (Å²) in [5, 5.41) is 3.00. The van der Waals surface area contributed by atoms with Gasteiger partial charge in [-0.15, -0.1) is 0 Å². The van der Waals surface area contributed by atoms with Gasteiger partial charge in [-0.2, -0.15) is 8.42 Å². The number of aromatic nitrogens is 2. The van der Waals surface area contributed by atoms with E-state index >= 15 is 0 Å². The number of carbonyl (C=O) groups is 1. The van der Waals surface area contributed by atoms with Crippen LogP contribution in [0.5, 0.6) is 0 Å². The first-order valence-corrected chi connectivity index (χ1v) is 9.89. The third kappa shape index (κ3) is 2.97. The van der Waals surface area contributed by atoms with Gasteiger partial charge in [0.2, 0.25) is 5.91 Å². The second-order valence-electron chi connectivity index (χ2n) is 6.64. The number of nitrogens with one attached hydrogen (secondary N) is 2. The highest BCUT2D eigenvalue weighted by molar-refractivity contribution is 7.92. The predicted molar refractivity (Wildman–Crippen MR) is 94.4 cm³/mol. The van der Waals surface area contributed by atoms with E-state index in [1.807, 2.05) is 24.3 Å². The predicted octanol–water partition coefficient (Wildman–Crippen LogP) is 0.916. The maximum Gasteiger partial charge on any atom is 0.281 e. The number of amides is 1. The van der Waals surface area contributed by atoms with Gasteiger partial charge in [0.25, 0.3) is 10.0 Å². The van der Waals surface area contributed by atoms with Crippen LogP contribution in [0, 0.1) is 6.92 Å². The van der Waals surface area contributed by atoms with Gasteiger partial charge in [0, 0.05) is 12.5 Å². The van der Waals surface area contributed by atoms with Crippen LogP contribution in [-0.2, 0) is 19.6 Å². The zero-order valence-corrected chi connectivity index (χ0v) is 15.1. The number of nitrogens with zero attached hydrogens (tertiary/aromatic N) is 2. The molecule has 2 aromatic rings. The van der Waals surface area contributed by atoms with E-state index in [1.54, 1.807) is 6.92 Å². The molecular weight excluding hydrogens is 356 g/mol. The van der Waals surface area contributed by atoms with Crippen molar-refractivity contribution in [1.82, 2.24) is 15.3 Å². The average Bonchev–Trinajstić information content (AvgIpc) is 3.20. The lowest BCUT2D eigenvalue weighted by atomic mass is 9.94. The monoisotopic (exact) mass is 376 g/mol. The number of ether oxygens (including phenoxy) is 1. The number of hydrogen-bond donors (Lipinski definition) is 2. The van der Waals surface area contributed by atoms with Gasteiger partial charge >= 0.3 is 0 Å². The molecule has 1 amide bonds. The molecule has 2 unspecified atom stereocenters. The highest BCUT2D eigenvalue weighted by Crippen LogP contribution is 2.41. The van der Waals surface area contributed by atoms with E-state index in [9.17, 15) is 13.2 Å². The van der Waals surface area contributed by atoms with Gasteiger partial charge in [0.15, 0.2) is 5.03 Å². The number of aromatic amines is 1. The average molecular weight is 376 g/mol. The fraction of sp³-hybridized carbons (Fsp3) is 0.412. The molecular formula is C17H20N4O4S. The number of para-hydroxylation sites is 1. The molecule has 8 nitrogen and oxygen atoms in total. The van der Waals surface area contributed by atoms with Crippen molar-refractivity contribution in [2.45, 2.75) is 30.3 Å². The summed E-state index contributed by atoms with van der Waals surface area (Å²) in [6, 6.07) is 7.36. The van der Waals surface area contributed by atoms with Crippen LogP contribution in [0.25, 0.3) is 0 Å². The Morgan fingerprint density at radius 2 is 2.15 bits per heavy atom. The number of sulfonamides is 1. The second kappa shape index (κ2) is 6.40. The lowest BCUT2D eigenvalue weighted by molar-refractivity contribution is -0.131. The molecule has 0 aliphatic carbocycles. The number of hydrogen-bond acceptors (Lipinski definition) is 5. The summed E-state index contributed by atoms with van der Waals surface area (Å²) >= 11 is 0. The molecule has 1 aromatic carbocycles. The van der Waals surface area contributed by atoms with Crippen molar-refractivity contribution in [1.29, 1.82) is 0 Å². The zero-order valence-electron chi connectivity index (χ0n) is 14.3. The van der Waals surface area contributed by atoms with Gasteiger partial charge in [-0.1, -0.05) is 18.2 Å². The Morgan fingerprint density at radius 1 is 1.35 bits per heavy atom. The number of benzene rings is 1. The van der Waals surface area contributed by atoms with Crippen LogP contribution < -0.4 is 9.62 Å². The van der Waals surface area contributed by atoms with E-state index in [2.05, 4.69) is 15.3 Å². The Labute approximate surface area is 151 Å². The number of H-pyrrole nitrogens is 1. The third-order valence-corrected chi connectivity index (χ3v) is 6.45. The molecule has 1 saturated heterocycles. The highest BCUT2D eigenvalue weighted by Gasteiger charge is 2.38. The van der Waals surface area contributed by atoms with Gasteiger partial charge in [-0.3, -0.25) is 9.10 Å². The van der Waals surface area contributed by atoms with Gasteiger partial charge in [0.1, 0.15) is 12.4 Å². The molecule has 0 radical (unpaired) electrons. The summed E-state index contributed by atoms with van der Waals surface area (Å²) in [6.45, 7) is 2.56. The molecule has 0 saturated carbocycles. The van der Waals surface area contributed by atoms with Crippen molar-refractivity contribution in [2.24, 2.45) is 0 Å². The second-order valence-corrected chi connectivity index (χ2v) is 8.47. The fourth-order valence-corrected chi connectivity index (χ4v) is 5.11. The normalized spacial score (nSPS) is 23.0. The summed E-state index contributed by atoms with van der Waals surface area (Å²) in [4.78, 5) is 18.4. The summed E-state index contributed by atoms with van der Waals surface area (Å²) in [6.07, 6.45) is 1.96. The van der Waals surface area contributed by atoms with E-state index in [-0.39, 0.29) is 29.5 Å². The lowest BCUT2D eigenvalue weighted by Crippen LogP contribution is -2.46. The number of carbonyl (C=O) groups excluding carboxylic acids is 1. The van der Waals surface area contributed by atoms with Crippen LogP contribution in [0.15, 0.2) is 35.5 Å². The summed E-state index contributed by atoms with van der Waals surface area (Å²) < 4.78 is 32.8. The first-order valence-electron chi connectivity index (χ1n) is 8.45. The topological polar surface area (TPSA) is 104 Å². The molecule has 2 N–H and O–H groups in total. The van der Waals surface area contributed by atoms with Crippen molar-refractivity contribution in [2.75, 3.05) is 24.1 Å². The van der Waals surface area contributed by atoms with E-state index in [0.29, 0.717) is 31.1 Å². The molecule has 1 aromatic heterocycles. The van der Waals surface area contributed by atoms with E-state index in [4.69, 9.17) is 4.74 Å². The maximum absolute atomic E-state index is 13.1. The minimum Gasteiger partial charge on any atom is -0.370 e. The largest absolute Gasteiger partial charge is 0.370 e. The summed E-state index contributed by atoms with van der Waals surface area (Å²) in [5.41, 5.74) is 1.64. The first kappa shape index (κ1) is 17.0. The number of aryl methyl sites for hydroxylation is 1. The van der Waals surface area contributed by atoms with Crippen molar-refractivity contribution in [3.05, 3.63) is 41.9 Å². The Morgan fingerprint density at radius 3 is 2.88 bits per heavy atom. The van der Waals surface area contributed by atoms with Gasteiger partial charge in [-0.05, 0) is 25.0 Å². The number of fused-ring (bicyclic) bond motifs is 1. The van der Waals surface area contributed by atoms with Crippen molar-refractivity contribution >= 4 is 21.6 Å². The lowest BCUT2D eigenvalue weighted by Gasteiger charge is -2.26. The van der Waals surface area contributed by atoms with Crippen LogP contribution >= 0.6 is 0 Å². The molecule has 9 heteroatoms. The van der Waals surface area contributed by atoms with Crippen molar-refractivity contribution in [3.63, 3.8) is 0 Å². The molecule has 0 bridgehead atoms. The molecule has 2 aliphatic heterocycles. The van der Waals surface area contributed by atoms with Crippen LogP contribution in [-0.4, -0.2) is 50.1 Å². The summed E-state index contributed by atoms with van der Waals surface area (Å²) in [5.74, 6) is 0.400. The van der Waals surface area contributed by atoms with Crippen LogP contribution in [0.3, 0.4) is 0 Å². The maximum atomic E-state index is 13.1. The van der Waals surface area contributed by atoms with Gasteiger partial charge < -0.3 is 15.0 Å². The van der Waals surface area contributed by atoms with E-state index in [0.717, 1.165) is 5.56 Å². The number of anilines is 1. The SMILES string of the molecule is Cc1ncc(S(=O)(=O)N2CC(CC3COCC(=O)N3)c3ccccc32)[nH]1. The molecule has 2 atom stereocenters. The van der Waals surface area contributed by atoms with E-state index < -0.39 is 10.0 Å². The van der Waals surface area contributed by atoms with Crippen LogP contribution in [0.1, 0.15) is 23.7 Å². The highest BCUT2D eigenvalue weighted by atomic mass is 32.2. The fourth-order valence-electron chi connectivity index (χ4n) is 3.61. The molecule has 0 spiro atoms. The quantitative estimate of drug-likeness (QED) is 0.826. The Kier molecular flexibility index (Phi) is 4.20. The van der Waals surface area contributed by atoms with Gasteiger partial charge in [-0.25, -0.2) is 4.98 Å². The minimum absolute atomic E-state index is 0.0167. The van der Waals surface area contributed by atoms with Crippen molar-refractivity contribution in [3.8, 4) is 0 Å². The standard InChI is InChI=1S/C17H20N4O4S/c1-11-18-7-17(19-11)26(23,24)21-8-12(14-4-2-3-5-15(14)21)6-13-9-25-10-16(22)20-13/h2-5,7,12-13H,6,8-10H2,1H3,(H,18,19)(H,20,22). The zero-order chi connectivity index (χ0) is 18.3. The minimum atomic E-state index is -3.72. The van der Waals surface area contributed by atoms with E-state index in [1.165, 1.54) is 10.5 Å². The Hall–Kier alpha value is -2.39. The molecule has 4 rings (SSSR count). The molecule has 1 fully saturated rings. The molecule has 2 aliphatic rings. The van der Waals surface area contributed by atoms with Crippen LogP contribution in [0.2, 0.25) is 0 Å². The Balaban J connectivity index is 1.63. The smallest absolute Gasteiger partial charge is 0.281 e. The Bertz CT molecular complexity index is 940. The van der Waals surface area contributed by atoms with Crippen molar-refractivity contribution < 1.29 is 17.9 Å². The molecule has 26 heavy (non-hydrogen) atoms. The summed E-state index contributed by atoms with van der Waals surface area (Å²) in [7, 11) is -3.72. The molecule has 3 heterocycles. The van der Waals surface area contributed by atoms with Crippen LogP contribution in [0.4, 0.5) is 5.69 Å². The third-order valence-electron chi connectivity index (χ3n) is 4.77. The first-order chi connectivity index (χ1) is 12.4. The number of morpholine rings is 1. The number of imidazole rings is 1. The van der Waals surface area contributed by atoms with Gasteiger partial charge in [0.05, 0.1) is 24.5 Å².